The molecule has 0 aliphatic carbocycles. The van der Waals surface area contributed by atoms with E-state index in [1.54, 1.807) is 6.42 Å². The summed E-state index contributed by atoms with van der Waals surface area (Å²) >= 11 is 0. The number of rotatable bonds is 0. The maximum Gasteiger partial charge on any atom is 0.224 e. The Bertz CT molecular complexity index is 90.1. The Hall–Kier alpha value is -0.530. The van der Waals surface area contributed by atoms with E-state index in [9.17, 15) is 4.79 Å². The van der Waals surface area contributed by atoms with Crippen LogP contribution in [-0.4, -0.2) is 12.5 Å². The van der Waals surface area contributed by atoms with Gasteiger partial charge >= 0.3 is 0 Å². The Labute approximate surface area is 42.9 Å². The molecule has 1 rings (SSSR count). The molecule has 1 heterocycles. The molecule has 1 unspecified atom stereocenters. The van der Waals surface area contributed by atoms with Crippen LogP contribution in [0, 0.1) is 12.3 Å². The number of nitrogens with one attached hydrogen (secondary N) is 1. The Morgan fingerprint density at radius 1 is 2.00 bits per heavy atom. The zero-order chi connectivity index (χ0) is 5.28. The minimum absolute atomic E-state index is 0.0764. The highest BCUT2D eigenvalue weighted by atomic mass is 16.1. The van der Waals surface area contributed by atoms with Crippen LogP contribution in [0.4, 0.5) is 0 Å². The number of carbonyl (C=O) groups excluding carboxylic acids is 1. The Morgan fingerprint density at radius 3 is 2.86 bits per heavy atom. The van der Waals surface area contributed by atoms with Crippen LogP contribution in [-0.2, 0) is 4.79 Å². The van der Waals surface area contributed by atoms with E-state index < -0.39 is 0 Å². The summed E-state index contributed by atoms with van der Waals surface area (Å²) in [5.74, 6) is 0.514. The van der Waals surface area contributed by atoms with Crippen molar-refractivity contribution < 1.29 is 4.79 Å². The van der Waals surface area contributed by atoms with Crippen LogP contribution >= 0.6 is 0 Å². The quantitative estimate of drug-likeness (QED) is 0.452. The van der Waals surface area contributed by atoms with Gasteiger partial charge in [-0.15, -0.1) is 0 Å². The van der Waals surface area contributed by atoms with E-state index in [2.05, 4.69) is 5.32 Å². The molecular weight excluding hydrogens is 90.1 g/mol. The fraction of sp³-hybridized carbons (Fsp3) is 0.600. The lowest BCUT2D eigenvalue weighted by molar-refractivity contribution is -0.116. The molecule has 39 valence electrons. The summed E-state index contributed by atoms with van der Waals surface area (Å²) in [6.45, 7) is 2.83. The van der Waals surface area contributed by atoms with Crippen molar-refractivity contribution in [1.29, 1.82) is 0 Å². The van der Waals surface area contributed by atoms with Crippen LogP contribution in [0.5, 0.6) is 0 Å². The molecule has 7 heavy (non-hydrogen) atoms. The summed E-state index contributed by atoms with van der Waals surface area (Å²) in [6.07, 6.45) is 1.69. The predicted octanol–water partition coefficient (Wildman–Crippen LogP) is -0.0434. The monoisotopic (exact) mass is 98.1 g/mol. The molecule has 2 nitrogen and oxygen atoms in total. The molecular formula is C5H8NO. The third kappa shape index (κ3) is 0.918. The largest absolute Gasteiger partial charge is 0.356 e. The van der Waals surface area contributed by atoms with Gasteiger partial charge in [-0.3, -0.25) is 4.79 Å². The van der Waals surface area contributed by atoms with Crippen molar-refractivity contribution in [3.63, 3.8) is 0 Å². The highest BCUT2D eigenvalue weighted by Crippen LogP contribution is 2.03. The Kier molecular flexibility index (Phi) is 1.01. The molecule has 0 aromatic heterocycles. The second-order valence-electron chi connectivity index (χ2n) is 1.89. The van der Waals surface area contributed by atoms with Crippen molar-refractivity contribution in [2.24, 2.45) is 5.92 Å². The van der Waals surface area contributed by atoms with Crippen molar-refractivity contribution in [2.45, 2.75) is 6.92 Å². The van der Waals surface area contributed by atoms with Crippen molar-refractivity contribution in [3.05, 3.63) is 6.42 Å². The lowest BCUT2D eigenvalue weighted by atomic mass is 10.2. The third-order valence-corrected chi connectivity index (χ3v) is 1.03. The van der Waals surface area contributed by atoms with Gasteiger partial charge in [-0.1, -0.05) is 6.92 Å². The number of amides is 1. The van der Waals surface area contributed by atoms with Gasteiger partial charge < -0.3 is 5.32 Å². The molecule has 1 atom stereocenters. The van der Waals surface area contributed by atoms with E-state index in [0.29, 0.717) is 5.92 Å². The fourth-order valence-corrected chi connectivity index (χ4v) is 0.638. The van der Waals surface area contributed by atoms with Gasteiger partial charge in [-0.25, -0.2) is 0 Å². The topological polar surface area (TPSA) is 29.1 Å². The maximum atomic E-state index is 10.3. The van der Waals surface area contributed by atoms with Gasteiger partial charge in [-0.2, -0.15) is 0 Å². The minimum Gasteiger partial charge on any atom is -0.356 e. The van der Waals surface area contributed by atoms with Crippen molar-refractivity contribution in [1.82, 2.24) is 5.32 Å². The SMILES string of the molecule is CC1[CH]C(=O)NC1. The van der Waals surface area contributed by atoms with Gasteiger partial charge in [0.15, 0.2) is 0 Å². The van der Waals surface area contributed by atoms with Gasteiger partial charge in [0.2, 0.25) is 5.91 Å². The summed E-state index contributed by atoms with van der Waals surface area (Å²) in [6, 6.07) is 0. The van der Waals surface area contributed by atoms with Gasteiger partial charge in [-0.05, 0) is 5.92 Å². The van der Waals surface area contributed by atoms with E-state index in [1.165, 1.54) is 0 Å². The fourth-order valence-electron chi connectivity index (χ4n) is 0.638. The van der Waals surface area contributed by atoms with Crippen LogP contribution in [0.1, 0.15) is 6.92 Å². The van der Waals surface area contributed by atoms with Gasteiger partial charge in [0.1, 0.15) is 0 Å². The molecule has 1 amide bonds. The average molecular weight is 98.1 g/mol. The molecule has 0 spiro atoms. The molecule has 1 aliphatic heterocycles. The minimum atomic E-state index is 0.0764. The van der Waals surface area contributed by atoms with Crippen LogP contribution in [0.3, 0.4) is 0 Å². The smallest absolute Gasteiger partial charge is 0.224 e. The highest BCUT2D eigenvalue weighted by Gasteiger charge is 2.16. The van der Waals surface area contributed by atoms with Crippen molar-refractivity contribution in [3.8, 4) is 0 Å². The first kappa shape index (κ1) is 4.62. The Morgan fingerprint density at radius 2 is 2.71 bits per heavy atom. The van der Waals surface area contributed by atoms with E-state index in [0.717, 1.165) is 6.54 Å². The summed E-state index contributed by atoms with van der Waals surface area (Å²) in [7, 11) is 0. The Balaban J connectivity index is 2.40. The molecule has 0 aromatic rings. The molecule has 0 bridgehead atoms. The van der Waals surface area contributed by atoms with Crippen LogP contribution in [0.25, 0.3) is 0 Å². The molecule has 0 saturated carbocycles. The lowest BCUT2D eigenvalue weighted by Crippen LogP contribution is -2.13. The maximum absolute atomic E-state index is 10.3. The molecule has 1 fully saturated rings. The first-order chi connectivity index (χ1) is 3.29. The van der Waals surface area contributed by atoms with Crippen LogP contribution in [0.2, 0.25) is 0 Å². The average Bonchev–Trinajstić information content (AvgIpc) is 1.87. The second-order valence-corrected chi connectivity index (χ2v) is 1.89. The molecule has 1 radical (unpaired) electrons. The van der Waals surface area contributed by atoms with Gasteiger partial charge in [0, 0.05) is 6.54 Å². The number of hydrogen-bond acceptors (Lipinski definition) is 1. The van der Waals surface area contributed by atoms with E-state index in [-0.39, 0.29) is 5.91 Å². The molecule has 1 N–H and O–H groups in total. The first-order valence-electron chi connectivity index (χ1n) is 2.42. The molecule has 0 aromatic carbocycles. The predicted molar refractivity (Wildman–Crippen MR) is 26.5 cm³/mol. The molecule has 1 saturated heterocycles. The summed E-state index contributed by atoms with van der Waals surface area (Å²) in [5.41, 5.74) is 0. The summed E-state index contributed by atoms with van der Waals surface area (Å²) < 4.78 is 0. The van der Waals surface area contributed by atoms with Crippen LogP contribution in [0.15, 0.2) is 0 Å². The standard InChI is InChI=1S/C5H8NO/c1-4-2-5(7)6-3-4/h2,4H,3H2,1H3,(H,6,7). The van der Waals surface area contributed by atoms with Crippen LogP contribution < -0.4 is 5.32 Å². The molecule has 2 heteroatoms. The van der Waals surface area contributed by atoms with E-state index in [1.807, 2.05) is 6.92 Å². The number of hydrogen-bond donors (Lipinski definition) is 1. The first-order valence-corrected chi connectivity index (χ1v) is 2.42. The van der Waals surface area contributed by atoms with Crippen molar-refractivity contribution in [2.75, 3.05) is 6.54 Å². The summed E-state index contributed by atoms with van der Waals surface area (Å²) in [4.78, 5) is 10.3. The third-order valence-electron chi connectivity index (χ3n) is 1.03. The van der Waals surface area contributed by atoms with Crippen molar-refractivity contribution >= 4 is 5.91 Å². The number of carbonyl (C=O) groups is 1. The molecule has 1 aliphatic rings. The zero-order valence-corrected chi connectivity index (χ0v) is 4.27. The summed E-state index contributed by atoms with van der Waals surface area (Å²) in [5, 5.41) is 2.67. The second kappa shape index (κ2) is 1.52. The van der Waals surface area contributed by atoms with Gasteiger partial charge in [0.25, 0.3) is 0 Å². The van der Waals surface area contributed by atoms with E-state index in [4.69, 9.17) is 0 Å². The normalized spacial score (nSPS) is 30.4. The lowest BCUT2D eigenvalue weighted by Gasteiger charge is -1.88. The zero-order valence-electron chi connectivity index (χ0n) is 4.27. The van der Waals surface area contributed by atoms with Gasteiger partial charge in [0.05, 0.1) is 6.42 Å². The highest BCUT2D eigenvalue weighted by molar-refractivity contribution is 5.87. The van der Waals surface area contributed by atoms with E-state index >= 15 is 0 Å².